The van der Waals surface area contributed by atoms with Crippen LogP contribution in [0.25, 0.3) is 0 Å². The molecule has 2 N–H and O–H groups in total. The topological polar surface area (TPSA) is 60.8 Å². The van der Waals surface area contributed by atoms with E-state index in [0.29, 0.717) is 11.4 Å². The van der Waals surface area contributed by atoms with Crippen LogP contribution in [-0.2, 0) is 6.54 Å². The first-order chi connectivity index (χ1) is 11.6. The van der Waals surface area contributed by atoms with E-state index in [-0.39, 0.29) is 12.4 Å². The van der Waals surface area contributed by atoms with Crippen LogP contribution in [0.3, 0.4) is 0 Å². The highest BCUT2D eigenvalue weighted by atomic mass is 19.1. The summed E-state index contributed by atoms with van der Waals surface area (Å²) in [5, 5.41) is 5.43. The summed E-state index contributed by atoms with van der Waals surface area (Å²) in [6.45, 7) is 3.82. The minimum absolute atomic E-state index is 0.276. The van der Waals surface area contributed by atoms with Crippen LogP contribution < -0.4 is 15.5 Å². The molecule has 24 heavy (non-hydrogen) atoms. The molecule has 1 aromatic carbocycles. The van der Waals surface area contributed by atoms with Crippen LogP contribution in [0, 0.1) is 5.82 Å². The van der Waals surface area contributed by atoms with Crippen LogP contribution in [0.1, 0.15) is 5.76 Å². The summed E-state index contributed by atoms with van der Waals surface area (Å²) in [6, 6.07) is 7.61. The van der Waals surface area contributed by atoms with Crippen molar-refractivity contribution in [3.05, 3.63) is 48.2 Å². The predicted molar refractivity (Wildman–Crippen MR) is 90.7 cm³/mol. The van der Waals surface area contributed by atoms with Crippen molar-refractivity contribution in [3.63, 3.8) is 0 Å². The fourth-order valence-corrected chi connectivity index (χ4v) is 2.68. The molecule has 0 aliphatic carbocycles. The fourth-order valence-electron chi connectivity index (χ4n) is 2.68. The maximum atomic E-state index is 13.6. The van der Waals surface area contributed by atoms with Gasteiger partial charge in [-0.3, -0.25) is 0 Å². The lowest BCUT2D eigenvalue weighted by molar-refractivity contribution is 0.251. The zero-order valence-corrected chi connectivity index (χ0v) is 13.6. The number of furan rings is 1. The lowest BCUT2D eigenvalue weighted by Crippen LogP contribution is -2.44. The lowest BCUT2D eigenvalue weighted by atomic mass is 10.2. The highest BCUT2D eigenvalue weighted by Gasteiger charge is 2.18. The van der Waals surface area contributed by atoms with Crippen molar-refractivity contribution in [2.45, 2.75) is 6.54 Å². The number of nitrogens with zero attached hydrogens (tertiary/aromatic N) is 2. The van der Waals surface area contributed by atoms with Crippen molar-refractivity contribution in [2.24, 2.45) is 0 Å². The second-order valence-corrected chi connectivity index (χ2v) is 5.84. The minimum Gasteiger partial charge on any atom is -0.467 e. The predicted octanol–water partition coefficient (Wildman–Crippen LogP) is 2.49. The van der Waals surface area contributed by atoms with Crippen molar-refractivity contribution in [3.8, 4) is 0 Å². The Kier molecular flexibility index (Phi) is 5.00. The molecule has 2 heterocycles. The normalized spacial score (nSPS) is 15.3. The summed E-state index contributed by atoms with van der Waals surface area (Å²) >= 11 is 0. The van der Waals surface area contributed by atoms with Crippen molar-refractivity contribution < 1.29 is 13.6 Å². The van der Waals surface area contributed by atoms with E-state index in [2.05, 4.69) is 27.5 Å². The third-order valence-corrected chi connectivity index (χ3v) is 4.05. The molecule has 0 unspecified atom stereocenters. The van der Waals surface area contributed by atoms with E-state index in [4.69, 9.17) is 4.42 Å². The van der Waals surface area contributed by atoms with Gasteiger partial charge in [0, 0.05) is 26.2 Å². The second-order valence-electron chi connectivity index (χ2n) is 5.84. The highest BCUT2D eigenvalue weighted by molar-refractivity contribution is 5.93. The van der Waals surface area contributed by atoms with E-state index in [0.717, 1.165) is 31.9 Å². The molecule has 128 valence electrons. The molecule has 0 saturated carbocycles. The summed E-state index contributed by atoms with van der Waals surface area (Å²) in [5.74, 6) is 0.276. The van der Waals surface area contributed by atoms with Gasteiger partial charge in [-0.15, -0.1) is 0 Å². The molecule has 1 aromatic heterocycles. The first-order valence-corrected chi connectivity index (χ1v) is 7.92. The monoisotopic (exact) mass is 332 g/mol. The number of piperazine rings is 1. The number of halogens is 1. The molecule has 1 fully saturated rings. The summed E-state index contributed by atoms with van der Waals surface area (Å²) < 4.78 is 18.8. The first kappa shape index (κ1) is 16.3. The van der Waals surface area contributed by atoms with E-state index < -0.39 is 6.03 Å². The smallest absolute Gasteiger partial charge is 0.319 e. The average molecular weight is 332 g/mol. The van der Waals surface area contributed by atoms with E-state index in [1.807, 2.05) is 0 Å². The molecule has 0 radical (unpaired) electrons. The van der Waals surface area contributed by atoms with Crippen LogP contribution in [0.5, 0.6) is 0 Å². The standard InChI is InChI=1S/C17H21FN4O2/c1-21-6-8-22(9-7-21)16-5-4-13(18)11-15(16)20-17(23)19-12-14-3-2-10-24-14/h2-5,10-11H,6-9,12H2,1H3,(H2,19,20,23). The van der Waals surface area contributed by atoms with Gasteiger partial charge in [0.05, 0.1) is 24.2 Å². The Balaban J connectivity index is 1.67. The van der Waals surface area contributed by atoms with Crippen molar-refractivity contribution >= 4 is 17.4 Å². The Bertz CT molecular complexity index is 682. The van der Waals surface area contributed by atoms with Crippen LogP contribution in [0.4, 0.5) is 20.6 Å². The van der Waals surface area contributed by atoms with Crippen LogP contribution in [0.2, 0.25) is 0 Å². The maximum absolute atomic E-state index is 13.6. The molecule has 0 spiro atoms. The van der Waals surface area contributed by atoms with Crippen LogP contribution in [0.15, 0.2) is 41.0 Å². The number of amides is 2. The number of anilines is 2. The molecule has 7 heteroatoms. The Morgan fingerprint density at radius 1 is 1.25 bits per heavy atom. The SMILES string of the molecule is CN1CCN(c2ccc(F)cc2NC(=O)NCc2ccco2)CC1. The van der Waals surface area contributed by atoms with E-state index in [1.54, 1.807) is 24.5 Å². The second kappa shape index (κ2) is 7.35. The number of urea groups is 1. The van der Waals surface area contributed by atoms with Gasteiger partial charge in [0.1, 0.15) is 11.6 Å². The molecule has 6 nitrogen and oxygen atoms in total. The van der Waals surface area contributed by atoms with E-state index >= 15 is 0 Å². The van der Waals surface area contributed by atoms with Gasteiger partial charge < -0.3 is 24.9 Å². The number of rotatable bonds is 4. The lowest BCUT2D eigenvalue weighted by Gasteiger charge is -2.35. The summed E-state index contributed by atoms with van der Waals surface area (Å²) in [7, 11) is 2.07. The largest absolute Gasteiger partial charge is 0.467 e. The number of likely N-dealkylation sites (N-methyl/N-ethyl adjacent to an activating group) is 1. The molecular formula is C17H21FN4O2. The third kappa shape index (κ3) is 4.05. The van der Waals surface area contributed by atoms with Gasteiger partial charge in [-0.25, -0.2) is 9.18 Å². The van der Waals surface area contributed by atoms with Gasteiger partial charge in [-0.2, -0.15) is 0 Å². The molecule has 0 atom stereocenters. The van der Waals surface area contributed by atoms with Gasteiger partial charge in [-0.05, 0) is 37.4 Å². The van der Waals surface area contributed by atoms with Gasteiger partial charge in [-0.1, -0.05) is 0 Å². The van der Waals surface area contributed by atoms with Gasteiger partial charge in [0.2, 0.25) is 0 Å². The molecule has 1 aliphatic rings. The van der Waals surface area contributed by atoms with E-state index in [9.17, 15) is 9.18 Å². The number of carbonyl (C=O) groups excluding carboxylic acids is 1. The molecule has 1 aliphatic heterocycles. The summed E-state index contributed by atoms with van der Waals surface area (Å²) in [5.41, 5.74) is 1.30. The Morgan fingerprint density at radius 3 is 2.75 bits per heavy atom. The quantitative estimate of drug-likeness (QED) is 0.903. The Morgan fingerprint density at radius 2 is 2.04 bits per heavy atom. The third-order valence-electron chi connectivity index (χ3n) is 4.05. The summed E-state index contributed by atoms with van der Waals surface area (Å²) in [4.78, 5) is 16.5. The molecule has 3 rings (SSSR count). The molecule has 2 aromatic rings. The molecule has 1 saturated heterocycles. The van der Waals surface area contributed by atoms with Crippen molar-refractivity contribution in [1.29, 1.82) is 0 Å². The highest BCUT2D eigenvalue weighted by Crippen LogP contribution is 2.27. The first-order valence-electron chi connectivity index (χ1n) is 7.92. The zero-order chi connectivity index (χ0) is 16.9. The number of nitrogens with one attached hydrogen (secondary N) is 2. The number of carbonyl (C=O) groups is 1. The zero-order valence-electron chi connectivity index (χ0n) is 13.6. The summed E-state index contributed by atoms with van der Waals surface area (Å²) in [6.07, 6.45) is 1.55. The maximum Gasteiger partial charge on any atom is 0.319 e. The fraction of sp³-hybridized carbons (Fsp3) is 0.353. The van der Waals surface area contributed by atoms with Crippen LogP contribution in [-0.4, -0.2) is 44.2 Å². The Hall–Kier alpha value is -2.54. The number of hydrogen-bond donors (Lipinski definition) is 2. The molecular weight excluding hydrogens is 311 g/mol. The average Bonchev–Trinajstić information content (AvgIpc) is 3.08. The van der Waals surface area contributed by atoms with Gasteiger partial charge in [0.25, 0.3) is 0 Å². The van der Waals surface area contributed by atoms with Gasteiger partial charge in [0.15, 0.2) is 0 Å². The molecule has 0 bridgehead atoms. The molecule has 2 amide bonds. The van der Waals surface area contributed by atoms with Crippen molar-refractivity contribution in [2.75, 3.05) is 43.4 Å². The Labute approximate surface area is 140 Å². The number of hydrogen-bond acceptors (Lipinski definition) is 4. The van der Waals surface area contributed by atoms with Gasteiger partial charge >= 0.3 is 6.03 Å². The number of benzene rings is 1. The van der Waals surface area contributed by atoms with E-state index in [1.165, 1.54) is 12.1 Å². The van der Waals surface area contributed by atoms with Crippen LogP contribution >= 0.6 is 0 Å². The van der Waals surface area contributed by atoms with Crippen molar-refractivity contribution in [1.82, 2.24) is 10.2 Å². The minimum atomic E-state index is -0.396.